The Bertz CT molecular complexity index is 877. The number of ether oxygens (including phenoxy) is 1. The number of hydrogen-bond acceptors (Lipinski definition) is 5. The first-order valence-corrected chi connectivity index (χ1v) is 7.82. The first kappa shape index (κ1) is 15.9. The smallest absolute Gasteiger partial charge is 0.273 e. The van der Waals surface area contributed by atoms with E-state index in [1.54, 1.807) is 15.6 Å². The topological polar surface area (TPSA) is 70.1 Å². The van der Waals surface area contributed by atoms with Crippen LogP contribution in [0.1, 0.15) is 29.7 Å². The molecule has 0 aliphatic carbocycles. The third-order valence-electron chi connectivity index (χ3n) is 3.51. The van der Waals surface area contributed by atoms with Gasteiger partial charge in [-0.2, -0.15) is 14.9 Å². The molecule has 0 fully saturated rings. The average molecular weight is 324 g/mol. The Hall–Kier alpha value is -2.96. The van der Waals surface area contributed by atoms with E-state index in [9.17, 15) is 0 Å². The fourth-order valence-corrected chi connectivity index (χ4v) is 2.44. The molecular formula is C17H20N6O. The molecule has 2 heterocycles. The Balaban J connectivity index is 2.00. The minimum Gasteiger partial charge on any atom is -0.493 e. The Morgan fingerprint density at radius 2 is 1.96 bits per heavy atom. The lowest BCUT2D eigenvalue weighted by atomic mass is 10.2. The summed E-state index contributed by atoms with van der Waals surface area (Å²) < 4.78 is 9.03. The number of para-hydroxylation sites is 1. The molecular weight excluding hydrogens is 304 g/mol. The van der Waals surface area contributed by atoms with Gasteiger partial charge in [0.25, 0.3) is 5.95 Å². The average Bonchev–Trinajstić information content (AvgIpc) is 3.08. The van der Waals surface area contributed by atoms with Gasteiger partial charge in [-0.1, -0.05) is 12.1 Å². The van der Waals surface area contributed by atoms with E-state index in [2.05, 4.69) is 20.4 Å². The van der Waals surface area contributed by atoms with Gasteiger partial charge in [-0.15, -0.1) is 10.2 Å². The molecule has 3 rings (SSSR count). The minimum absolute atomic E-state index is 0.559. The van der Waals surface area contributed by atoms with E-state index in [4.69, 9.17) is 4.74 Å². The first-order valence-electron chi connectivity index (χ1n) is 7.82. The van der Waals surface area contributed by atoms with Gasteiger partial charge in [0.1, 0.15) is 5.75 Å². The second kappa shape index (κ2) is 6.66. The molecule has 3 aromatic rings. The number of hydrogen-bond donors (Lipinski definition) is 0. The summed E-state index contributed by atoms with van der Waals surface area (Å²) in [6, 6.07) is 9.75. The molecule has 0 atom stereocenters. The molecule has 0 N–H and O–H groups in total. The van der Waals surface area contributed by atoms with Crippen LogP contribution < -0.4 is 4.74 Å². The van der Waals surface area contributed by atoms with E-state index in [1.165, 1.54) is 0 Å². The Morgan fingerprint density at radius 3 is 2.67 bits per heavy atom. The molecule has 0 radical (unpaired) electrons. The maximum Gasteiger partial charge on any atom is 0.273 e. The van der Waals surface area contributed by atoms with Gasteiger partial charge in [0.2, 0.25) is 0 Å². The van der Waals surface area contributed by atoms with Crippen molar-refractivity contribution >= 4 is 6.21 Å². The van der Waals surface area contributed by atoms with E-state index in [0.717, 1.165) is 22.7 Å². The highest BCUT2D eigenvalue weighted by Gasteiger charge is 2.13. The van der Waals surface area contributed by atoms with Crippen LogP contribution in [0.3, 0.4) is 0 Å². The third kappa shape index (κ3) is 3.05. The van der Waals surface area contributed by atoms with Crippen LogP contribution in [-0.4, -0.2) is 37.5 Å². The molecule has 0 bridgehead atoms. The zero-order chi connectivity index (χ0) is 17.1. The third-order valence-corrected chi connectivity index (χ3v) is 3.51. The lowest BCUT2D eigenvalue weighted by Crippen LogP contribution is -2.08. The molecule has 0 aliphatic heterocycles. The van der Waals surface area contributed by atoms with Gasteiger partial charge in [0, 0.05) is 11.3 Å². The normalized spacial score (nSPS) is 11.3. The Labute approximate surface area is 140 Å². The quantitative estimate of drug-likeness (QED) is 0.677. The maximum absolute atomic E-state index is 5.63. The van der Waals surface area contributed by atoms with Gasteiger partial charge < -0.3 is 4.74 Å². The van der Waals surface area contributed by atoms with E-state index < -0.39 is 0 Å². The molecule has 0 amide bonds. The summed E-state index contributed by atoms with van der Waals surface area (Å²) in [4.78, 5) is 0. The summed E-state index contributed by atoms with van der Waals surface area (Å²) in [6.07, 6.45) is 1.75. The fraction of sp³-hybridized carbons (Fsp3) is 0.294. The zero-order valence-corrected chi connectivity index (χ0v) is 14.3. The van der Waals surface area contributed by atoms with Crippen molar-refractivity contribution in [2.24, 2.45) is 5.10 Å². The van der Waals surface area contributed by atoms with Gasteiger partial charge in [0.05, 0.1) is 18.5 Å². The monoisotopic (exact) mass is 324 g/mol. The summed E-state index contributed by atoms with van der Waals surface area (Å²) in [5, 5.41) is 17.3. The van der Waals surface area contributed by atoms with Gasteiger partial charge in [-0.3, -0.25) is 0 Å². The maximum atomic E-state index is 5.63. The van der Waals surface area contributed by atoms with E-state index >= 15 is 0 Å². The Morgan fingerprint density at radius 1 is 1.17 bits per heavy atom. The fourth-order valence-electron chi connectivity index (χ4n) is 2.44. The summed E-state index contributed by atoms with van der Waals surface area (Å²) in [5.41, 5.74) is 2.79. The summed E-state index contributed by atoms with van der Waals surface area (Å²) in [7, 11) is 0. The van der Waals surface area contributed by atoms with Crippen molar-refractivity contribution in [3.05, 3.63) is 53.1 Å². The second-order valence-corrected chi connectivity index (χ2v) is 5.41. The molecule has 0 aliphatic rings. The van der Waals surface area contributed by atoms with Gasteiger partial charge >= 0.3 is 0 Å². The van der Waals surface area contributed by atoms with Crippen LogP contribution in [0.2, 0.25) is 0 Å². The van der Waals surface area contributed by atoms with Crippen LogP contribution >= 0.6 is 0 Å². The summed E-state index contributed by atoms with van der Waals surface area (Å²) >= 11 is 0. The highest BCUT2D eigenvalue weighted by Crippen LogP contribution is 2.17. The van der Waals surface area contributed by atoms with Gasteiger partial charge in [0.15, 0.2) is 5.82 Å². The van der Waals surface area contributed by atoms with Crippen molar-refractivity contribution in [1.82, 2.24) is 24.7 Å². The first-order chi connectivity index (χ1) is 11.6. The number of rotatable bonds is 5. The predicted octanol–water partition coefficient (Wildman–Crippen LogP) is 2.67. The second-order valence-electron chi connectivity index (χ2n) is 5.41. The number of nitrogens with zero attached hydrogens (tertiary/aromatic N) is 6. The van der Waals surface area contributed by atoms with Crippen molar-refractivity contribution in [2.75, 3.05) is 6.61 Å². The number of aromatic nitrogens is 5. The highest BCUT2D eigenvalue weighted by molar-refractivity contribution is 5.83. The predicted molar refractivity (Wildman–Crippen MR) is 92.0 cm³/mol. The Kier molecular flexibility index (Phi) is 4.41. The van der Waals surface area contributed by atoms with Crippen molar-refractivity contribution in [3.8, 4) is 11.7 Å². The van der Waals surface area contributed by atoms with Crippen LogP contribution in [0.4, 0.5) is 0 Å². The van der Waals surface area contributed by atoms with E-state index in [1.807, 2.05) is 58.0 Å². The van der Waals surface area contributed by atoms with Crippen LogP contribution in [-0.2, 0) is 0 Å². The van der Waals surface area contributed by atoms with Crippen molar-refractivity contribution in [3.63, 3.8) is 0 Å². The molecule has 0 unspecified atom stereocenters. The van der Waals surface area contributed by atoms with Crippen molar-refractivity contribution in [2.45, 2.75) is 27.7 Å². The van der Waals surface area contributed by atoms with Crippen LogP contribution in [0, 0.1) is 20.8 Å². The van der Waals surface area contributed by atoms with Crippen molar-refractivity contribution < 1.29 is 4.74 Å². The molecule has 124 valence electrons. The SMILES string of the molecule is CCOc1ccccc1C=Nn1c(C)nnc1-n1nc(C)cc1C. The van der Waals surface area contributed by atoms with Crippen LogP contribution in [0.5, 0.6) is 5.75 Å². The molecule has 24 heavy (non-hydrogen) atoms. The number of benzene rings is 1. The number of aryl methyl sites for hydroxylation is 3. The molecule has 0 saturated heterocycles. The van der Waals surface area contributed by atoms with Gasteiger partial charge in [-0.05, 0) is 45.9 Å². The lowest BCUT2D eigenvalue weighted by molar-refractivity contribution is 0.340. The van der Waals surface area contributed by atoms with E-state index in [0.29, 0.717) is 18.4 Å². The summed E-state index contributed by atoms with van der Waals surface area (Å²) in [5.74, 6) is 2.04. The molecule has 1 aromatic carbocycles. The molecule has 7 heteroatoms. The molecule has 0 saturated carbocycles. The van der Waals surface area contributed by atoms with Gasteiger partial charge in [-0.25, -0.2) is 4.68 Å². The summed E-state index contributed by atoms with van der Waals surface area (Å²) in [6.45, 7) is 8.33. The zero-order valence-electron chi connectivity index (χ0n) is 14.3. The largest absolute Gasteiger partial charge is 0.493 e. The van der Waals surface area contributed by atoms with Crippen LogP contribution in [0.15, 0.2) is 35.4 Å². The standard InChI is InChI=1S/C17H20N6O/c1-5-24-16-9-7-6-8-15(16)11-18-23-14(4)19-20-17(23)22-13(3)10-12(2)21-22/h6-11H,5H2,1-4H3. The molecule has 0 spiro atoms. The van der Waals surface area contributed by atoms with Crippen LogP contribution in [0.25, 0.3) is 5.95 Å². The molecule has 7 nitrogen and oxygen atoms in total. The minimum atomic E-state index is 0.559. The molecule has 2 aromatic heterocycles. The van der Waals surface area contributed by atoms with E-state index in [-0.39, 0.29) is 0 Å². The highest BCUT2D eigenvalue weighted by atomic mass is 16.5. The van der Waals surface area contributed by atoms with Crippen molar-refractivity contribution in [1.29, 1.82) is 0 Å². The lowest BCUT2D eigenvalue weighted by Gasteiger charge is -2.07.